The predicted octanol–water partition coefficient (Wildman–Crippen LogP) is 3.21. The molecule has 1 fully saturated rings. The van der Waals surface area contributed by atoms with E-state index in [0.29, 0.717) is 0 Å². The number of phenolic OH excluding ortho intramolecular Hbond substituents is 1. The largest absolute Gasteiger partial charge is 0.507 e. The van der Waals surface area contributed by atoms with E-state index in [4.69, 9.17) is 14.6 Å². The van der Waals surface area contributed by atoms with Crippen molar-refractivity contribution < 1.29 is 37.7 Å². The minimum Gasteiger partial charge on any atom is -0.507 e. The zero-order valence-corrected chi connectivity index (χ0v) is 13.6. The highest BCUT2D eigenvalue weighted by Crippen LogP contribution is 2.36. The van der Waals surface area contributed by atoms with Gasteiger partial charge in [-0.15, -0.1) is 0 Å². The molecular weight excluding hydrogens is 343 g/mol. The first-order chi connectivity index (χ1) is 11.4. The van der Waals surface area contributed by atoms with Crippen LogP contribution in [-0.2, 0) is 15.7 Å². The van der Waals surface area contributed by atoms with Crippen LogP contribution in [0, 0.1) is 0 Å². The number of carboxylic acid groups (broad SMARTS) is 1. The van der Waals surface area contributed by atoms with Gasteiger partial charge in [0.15, 0.2) is 5.79 Å². The van der Waals surface area contributed by atoms with Gasteiger partial charge in [0, 0.05) is 0 Å². The maximum Gasteiger partial charge on any atom is 0.419 e. The van der Waals surface area contributed by atoms with E-state index in [0.717, 1.165) is 12.1 Å². The highest BCUT2D eigenvalue weighted by molar-refractivity contribution is 5.67. The molecule has 3 N–H and O–H groups in total. The normalized spacial score (nSPS) is 19.7. The number of halogens is 3. The van der Waals surface area contributed by atoms with E-state index in [2.05, 4.69) is 5.32 Å². The molecule has 1 aliphatic heterocycles. The lowest BCUT2D eigenvalue weighted by molar-refractivity contribution is -0.263. The standard InChI is InChI=1S/C16H18F3NO5/c1-14(2)24-8-15(9-25-14,20-13(22)23)6-5-10-3-4-12(21)11(7-10)16(17,18)19/h3-7,20-21H,8-9H2,1-2H3,(H,22,23)/b6-5+. The number of ether oxygens (including phenoxy) is 2. The number of amides is 1. The highest BCUT2D eigenvalue weighted by atomic mass is 19.4. The quantitative estimate of drug-likeness (QED) is 0.769. The molecule has 0 radical (unpaired) electrons. The summed E-state index contributed by atoms with van der Waals surface area (Å²) in [7, 11) is 0. The molecule has 1 aliphatic rings. The van der Waals surface area contributed by atoms with Crippen molar-refractivity contribution >= 4 is 12.2 Å². The highest BCUT2D eigenvalue weighted by Gasteiger charge is 2.40. The predicted molar refractivity (Wildman–Crippen MR) is 82.0 cm³/mol. The van der Waals surface area contributed by atoms with Crippen molar-refractivity contribution in [2.75, 3.05) is 13.2 Å². The maximum atomic E-state index is 12.8. The molecule has 0 atom stereocenters. The van der Waals surface area contributed by atoms with Crippen LogP contribution in [-0.4, -0.2) is 40.8 Å². The number of hydrogen-bond donors (Lipinski definition) is 3. The van der Waals surface area contributed by atoms with Gasteiger partial charge in [-0.2, -0.15) is 13.2 Å². The Bertz CT molecular complexity index is 675. The van der Waals surface area contributed by atoms with E-state index in [9.17, 15) is 23.1 Å². The van der Waals surface area contributed by atoms with Crippen LogP contribution >= 0.6 is 0 Å². The summed E-state index contributed by atoms with van der Waals surface area (Å²) in [6, 6.07) is 2.98. The molecule has 0 spiro atoms. The molecule has 1 aromatic rings. The Morgan fingerprint density at radius 2 is 1.88 bits per heavy atom. The first-order valence-electron chi connectivity index (χ1n) is 7.31. The van der Waals surface area contributed by atoms with E-state index >= 15 is 0 Å². The fourth-order valence-corrected chi connectivity index (χ4v) is 2.25. The first kappa shape index (κ1) is 19.1. The molecule has 0 unspecified atom stereocenters. The van der Waals surface area contributed by atoms with Crippen LogP contribution in [0.3, 0.4) is 0 Å². The van der Waals surface area contributed by atoms with E-state index in [1.807, 2.05) is 0 Å². The summed E-state index contributed by atoms with van der Waals surface area (Å²) in [5, 5.41) is 20.6. The monoisotopic (exact) mass is 361 g/mol. The molecule has 0 aromatic heterocycles. The lowest BCUT2D eigenvalue weighted by atomic mass is 9.98. The minimum atomic E-state index is -4.70. The fourth-order valence-electron chi connectivity index (χ4n) is 2.25. The molecule has 0 saturated carbocycles. The summed E-state index contributed by atoms with van der Waals surface area (Å²) in [5.41, 5.74) is -2.27. The second-order valence-electron chi connectivity index (χ2n) is 6.17. The van der Waals surface area contributed by atoms with Crippen molar-refractivity contribution in [3.8, 4) is 5.75 Å². The topological polar surface area (TPSA) is 88.0 Å². The van der Waals surface area contributed by atoms with E-state index in [-0.39, 0.29) is 18.8 Å². The lowest BCUT2D eigenvalue weighted by Gasteiger charge is -2.41. The molecule has 25 heavy (non-hydrogen) atoms. The van der Waals surface area contributed by atoms with Crippen molar-refractivity contribution in [1.29, 1.82) is 0 Å². The lowest BCUT2D eigenvalue weighted by Crippen LogP contribution is -2.59. The Kier molecular flexibility index (Phi) is 5.01. The summed E-state index contributed by atoms with van der Waals surface area (Å²) in [4.78, 5) is 11.0. The number of nitrogens with one attached hydrogen (secondary N) is 1. The third-order valence-electron chi connectivity index (χ3n) is 3.63. The van der Waals surface area contributed by atoms with Crippen LogP contribution in [0.1, 0.15) is 25.0 Å². The Labute approximate surface area is 141 Å². The molecule has 9 heteroatoms. The van der Waals surface area contributed by atoms with Crippen molar-refractivity contribution in [2.45, 2.75) is 31.3 Å². The van der Waals surface area contributed by atoms with Crippen molar-refractivity contribution in [3.05, 3.63) is 35.4 Å². The summed E-state index contributed by atoms with van der Waals surface area (Å²) < 4.78 is 49.4. The number of benzene rings is 1. The smallest absolute Gasteiger partial charge is 0.419 e. The molecule has 1 saturated heterocycles. The van der Waals surface area contributed by atoms with Gasteiger partial charge in [0.2, 0.25) is 0 Å². The number of phenols is 1. The van der Waals surface area contributed by atoms with Crippen molar-refractivity contribution in [1.82, 2.24) is 5.32 Å². The minimum absolute atomic E-state index is 0.0486. The summed E-state index contributed by atoms with van der Waals surface area (Å²) in [6.45, 7) is 3.23. The van der Waals surface area contributed by atoms with E-state index in [1.165, 1.54) is 18.2 Å². The second kappa shape index (κ2) is 6.57. The molecule has 1 aromatic carbocycles. The molecule has 0 aliphatic carbocycles. The van der Waals surface area contributed by atoms with Gasteiger partial charge in [0.1, 0.15) is 11.3 Å². The number of carbonyl (C=O) groups is 1. The molecule has 1 amide bonds. The Morgan fingerprint density at radius 1 is 1.28 bits per heavy atom. The number of rotatable bonds is 3. The Morgan fingerprint density at radius 3 is 2.40 bits per heavy atom. The van der Waals surface area contributed by atoms with E-state index < -0.39 is 34.9 Å². The number of alkyl halides is 3. The third-order valence-corrected chi connectivity index (χ3v) is 3.63. The average Bonchev–Trinajstić information content (AvgIpc) is 2.48. The van der Waals surface area contributed by atoms with Gasteiger partial charge in [-0.05, 0) is 31.5 Å². The summed E-state index contributed by atoms with van der Waals surface area (Å²) >= 11 is 0. The van der Waals surface area contributed by atoms with Gasteiger partial charge in [-0.25, -0.2) is 4.79 Å². The average molecular weight is 361 g/mol. The van der Waals surface area contributed by atoms with Gasteiger partial charge in [0.05, 0.1) is 18.8 Å². The Balaban J connectivity index is 2.29. The van der Waals surface area contributed by atoms with Crippen LogP contribution in [0.2, 0.25) is 0 Å². The molecular formula is C16H18F3NO5. The molecule has 0 bridgehead atoms. The molecule has 6 nitrogen and oxygen atoms in total. The zero-order valence-electron chi connectivity index (χ0n) is 13.6. The van der Waals surface area contributed by atoms with Gasteiger partial charge in [-0.1, -0.05) is 18.2 Å². The van der Waals surface area contributed by atoms with Crippen LogP contribution in [0.5, 0.6) is 5.75 Å². The van der Waals surface area contributed by atoms with Gasteiger partial charge >= 0.3 is 12.3 Å². The van der Waals surface area contributed by atoms with Gasteiger partial charge < -0.3 is 25.0 Å². The SMILES string of the molecule is CC1(C)OCC(/C=C/c2ccc(O)c(C(F)(F)F)c2)(NC(=O)O)CO1. The van der Waals surface area contributed by atoms with E-state index in [1.54, 1.807) is 13.8 Å². The maximum absolute atomic E-state index is 12.8. The van der Waals surface area contributed by atoms with Crippen LogP contribution < -0.4 is 5.32 Å². The zero-order chi connectivity index (χ0) is 18.9. The van der Waals surface area contributed by atoms with Crippen LogP contribution in [0.25, 0.3) is 6.08 Å². The van der Waals surface area contributed by atoms with Crippen molar-refractivity contribution in [3.63, 3.8) is 0 Å². The molecule has 1 heterocycles. The second-order valence-corrected chi connectivity index (χ2v) is 6.17. The fraction of sp³-hybridized carbons (Fsp3) is 0.438. The molecule has 138 valence electrons. The summed E-state index contributed by atoms with van der Waals surface area (Å²) in [6.07, 6.45) is -3.33. The first-order valence-corrected chi connectivity index (χ1v) is 7.31. The van der Waals surface area contributed by atoms with Crippen LogP contribution in [0.4, 0.5) is 18.0 Å². The number of aromatic hydroxyl groups is 1. The molecule has 2 rings (SSSR count). The van der Waals surface area contributed by atoms with Crippen molar-refractivity contribution in [2.24, 2.45) is 0 Å². The van der Waals surface area contributed by atoms with Gasteiger partial charge in [-0.3, -0.25) is 0 Å². The summed E-state index contributed by atoms with van der Waals surface area (Å²) in [5.74, 6) is -1.77. The van der Waals surface area contributed by atoms with Gasteiger partial charge in [0.25, 0.3) is 0 Å². The Hall–Kier alpha value is -2.26. The number of hydrogen-bond acceptors (Lipinski definition) is 4. The van der Waals surface area contributed by atoms with Crippen LogP contribution in [0.15, 0.2) is 24.3 Å². The third kappa shape index (κ3) is 4.86.